The third kappa shape index (κ3) is 15.3. The van der Waals surface area contributed by atoms with E-state index in [0.29, 0.717) is 5.41 Å². The van der Waals surface area contributed by atoms with E-state index in [1.165, 1.54) is 30.4 Å². The van der Waals surface area contributed by atoms with Gasteiger partial charge in [-0.05, 0) is 39.0 Å². The van der Waals surface area contributed by atoms with Crippen LogP contribution >= 0.6 is 0 Å². The summed E-state index contributed by atoms with van der Waals surface area (Å²) in [6.07, 6.45) is 8.23. The molecule has 0 heteroatoms. The van der Waals surface area contributed by atoms with Crippen LogP contribution in [0.15, 0.2) is 36.5 Å². The molecule has 0 radical (unpaired) electrons. The molecule has 0 nitrogen and oxygen atoms in total. The molecular weight excluding hydrogens is 240 g/mol. The van der Waals surface area contributed by atoms with Crippen LogP contribution in [0.5, 0.6) is 0 Å². The number of allylic oxidation sites excluding steroid dienone is 4. The first-order valence-electron chi connectivity index (χ1n) is 7.97. The van der Waals surface area contributed by atoms with Crippen LogP contribution in [0.3, 0.4) is 0 Å². The molecule has 0 rings (SSSR count). The van der Waals surface area contributed by atoms with Crippen LogP contribution in [0.2, 0.25) is 0 Å². The average molecular weight is 281 g/mol. The van der Waals surface area contributed by atoms with Gasteiger partial charge in [-0.25, -0.2) is 0 Å². The van der Waals surface area contributed by atoms with Crippen molar-refractivity contribution in [3.8, 4) is 0 Å². The number of hydrogen-bond acceptors (Lipinski definition) is 0. The average Bonchev–Trinajstić information content (AvgIpc) is 2.38. The molecule has 1 unspecified atom stereocenters. The third-order valence-electron chi connectivity index (χ3n) is 3.56. The molecule has 0 aliphatic heterocycles. The van der Waals surface area contributed by atoms with Crippen molar-refractivity contribution in [2.75, 3.05) is 0 Å². The normalized spacial score (nSPS) is 11.8. The predicted octanol–water partition coefficient (Wildman–Crippen LogP) is 7.58. The molecule has 0 aliphatic carbocycles. The molecular formula is C20H40. The van der Waals surface area contributed by atoms with Gasteiger partial charge < -0.3 is 0 Å². The van der Waals surface area contributed by atoms with Crippen molar-refractivity contribution in [1.82, 2.24) is 0 Å². The van der Waals surface area contributed by atoms with E-state index in [1.807, 2.05) is 6.92 Å². The largest absolute Gasteiger partial charge is 0.106 e. The fourth-order valence-electron chi connectivity index (χ4n) is 2.01. The van der Waals surface area contributed by atoms with Gasteiger partial charge in [0.15, 0.2) is 0 Å². The van der Waals surface area contributed by atoms with E-state index in [2.05, 4.69) is 80.7 Å². The second-order valence-corrected chi connectivity index (χ2v) is 6.44. The van der Waals surface area contributed by atoms with Crippen LogP contribution < -0.4 is 0 Å². The van der Waals surface area contributed by atoms with Crippen molar-refractivity contribution >= 4 is 0 Å². The molecule has 0 aromatic heterocycles. The van der Waals surface area contributed by atoms with Crippen molar-refractivity contribution in [1.29, 1.82) is 0 Å². The Morgan fingerprint density at radius 2 is 1.50 bits per heavy atom. The Balaban J connectivity index is -0.000000262. The van der Waals surface area contributed by atoms with Gasteiger partial charge in [0.2, 0.25) is 0 Å². The maximum absolute atomic E-state index is 3.00. The van der Waals surface area contributed by atoms with Crippen molar-refractivity contribution in [2.24, 2.45) is 11.3 Å². The summed E-state index contributed by atoms with van der Waals surface area (Å²) in [5, 5.41) is 0. The molecule has 0 saturated heterocycles. The van der Waals surface area contributed by atoms with Gasteiger partial charge >= 0.3 is 0 Å². The molecule has 0 aromatic rings. The first-order chi connectivity index (χ1) is 9.20. The Morgan fingerprint density at radius 1 is 1.05 bits per heavy atom. The second kappa shape index (κ2) is 14.6. The standard InChI is InChI=1S/C10H22.C8H14.C2H4/c1-6-8-9(7-2)10(3,4)5;1-5-6-8(4)7(2)3;1-2/h9H,6-8H2,1-5H3;5-6H,1-4H3;1-2H2/b;6-5+;. The summed E-state index contributed by atoms with van der Waals surface area (Å²) >= 11 is 0. The van der Waals surface area contributed by atoms with E-state index in [1.54, 1.807) is 0 Å². The van der Waals surface area contributed by atoms with Gasteiger partial charge in [0, 0.05) is 0 Å². The summed E-state index contributed by atoms with van der Waals surface area (Å²) in [6, 6.07) is 0. The fraction of sp³-hybridized carbons (Fsp3) is 0.700. The minimum Gasteiger partial charge on any atom is -0.106 e. The summed E-state index contributed by atoms with van der Waals surface area (Å²) < 4.78 is 0. The number of hydrogen-bond donors (Lipinski definition) is 0. The van der Waals surface area contributed by atoms with Gasteiger partial charge in [-0.2, -0.15) is 0 Å². The molecule has 0 spiro atoms. The smallest absolute Gasteiger partial charge is 0.0354 e. The van der Waals surface area contributed by atoms with Gasteiger partial charge in [0.1, 0.15) is 0 Å². The Labute approximate surface area is 130 Å². The Morgan fingerprint density at radius 3 is 1.60 bits per heavy atom. The number of rotatable bonds is 4. The highest BCUT2D eigenvalue weighted by atomic mass is 14.3. The molecule has 0 bridgehead atoms. The van der Waals surface area contributed by atoms with Gasteiger partial charge in [-0.1, -0.05) is 77.2 Å². The van der Waals surface area contributed by atoms with Gasteiger partial charge in [0.05, 0.1) is 0 Å². The fourth-order valence-corrected chi connectivity index (χ4v) is 2.01. The zero-order chi connectivity index (χ0) is 16.8. The SMILES string of the molecule is C/C=C/C(C)=C(C)C.C=C.CCCC(CC)C(C)(C)C. The van der Waals surface area contributed by atoms with Crippen LogP contribution in [0, 0.1) is 11.3 Å². The van der Waals surface area contributed by atoms with Crippen LogP contribution in [0.1, 0.15) is 81.6 Å². The second-order valence-electron chi connectivity index (χ2n) is 6.44. The van der Waals surface area contributed by atoms with Gasteiger partial charge in [-0.3, -0.25) is 0 Å². The third-order valence-corrected chi connectivity index (χ3v) is 3.56. The highest BCUT2D eigenvalue weighted by Crippen LogP contribution is 2.31. The first kappa shape index (κ1) is 24.3. The van der Waals surface area contributed by atoms with Crippen molar-refractivity contribution in [3.63, 3.8) is 0 Å². The molecule has 0 amide bonds. The zero-order valence-electron chi connectivity index (χ0n) is 15.8. The lowest BCUT2D eigenvalue weighted by Gasteiger charge is -2.29. The van der Waals surface area contributed by atoms with Crippen molar-refractivity contribution in [2.45, 2.75) is 81.6 Å². The summed E-state index contributed by atoms with van der Waals surface area (Å²) in [4.78, 5) is 0. The summed E-state index contributed by atoms with van der Waals surface area (Å²) in [5.41, 5.74) is 3.28. The van der Waals surface area contributed by atoms with Crippen LogP contribution in [0.4, 0.5) is 0 Å². The van der Waals surface area contributed by atoms with E-state index < -0.39 is 0 Å². The Hall–Kier alpha value is -0.780. The predicted molar refractivity (Wildman–Crippen MR) is 98.3 cm³/mol. The minimum absolute atomic E-state index is 0.519. The molecule has 1 atom stereocenters. The maximum Gasteiger partial charge on any atom is -0.0354 e. The van der Waals surface area contributed by atoms with Crippen LogP contribution in [-0.4, -0.2) is 0 Å². The molecule has 0 heterocycles. The summed E-state index contributed by atoms with van der Waals surface area (Å²) in [5.74, 6) is 0.914. The molecule has 20 heavy (non-hydrogen) atoms. The zero-order valence-corrected chi connectivity index (χ0v) is 15.8. The van der Waals surface area contributed by atoms with Crippen molar-refractivity contribution < 1.29 is 0 Å². The topological polar surface area (TPSA) is 0 Å². The lowest BCUT2D eigenvalue weighted by Crippen LogP contribution is -2.19. The van der Waals surface area contributed by atoms with Gasteiger partial charge in [0.25, 0.3) is 0 Å². The van der Waals surface area contributed by atoms with E-state index in [9.17, 15) is 0 Å². The Bertz CT molecular complexity index is 256. The lowest BCUT2D eigenvalue weighted by atomic mass is 9.77. The monoisotopic (exact) mass is 280 g/mol. The quantitative estimate of drug-likeness (QED) is 0.368. The first-order valence-corrected chi connectivity index (χ1v) is 7.97. The molecule has 0 saturated carbocycles. The van der Waals surface area contributed by atoms with Crippen LogP contribution in [-0.2, 0) is 0 Å². The van der Waals surface area contributed by atoms with E-state index in [4.69, 9.17) is 0 Å². The molecule has 0 fully saturated rings. The minimum atomic E-state index is 0.519. The van der Waals surface area contributed by atoms with E-state index in [-0.39, 0.29) is 0 Å². The molecule has 0 aromatic carbocycles. The van der Waals surface area contributed by atoms with E-state index in [0.717, 1.165) is 5.92 Å². The highest BCUT2D eigenvalue weighted by molar-refractivity contribution is 5.19. The summed E-state index contributed by atoms with van der Waals surface area (Å²) in [7, 11) is 0. The maximum atomic E-state index is 3.00. The van der Waals surface area contributed by atoms with Crippen LogP contribution in [0.25, 0.3) is 0 Å². The lowest BCUT2D eigenvalue weighted by molar-refractivity contribution is 0.217. The Kier molecular flexibility index (Phi) is 17.7. The molecule has 0 aliphatic rings. The highest BCUT2D eigenvalue weighted by Gasteiger charge is 2.21. The van der Waals surface area contributed by atoms with Crippen molar-refractivity contribution in [3.05, 3.63) is 36.5 Å². The molecule has 120 valence electrons. The van der Waals surface area contributed by atoms with E-state index >= 15 is 0 Å². The molecule has 0 N–H and O–H groups in total. The summed E-state index contributed by atoms with van der Waals surface area (Å²) in [6.45, 7) is 26.0. The van der Waals surface area contributed by atoms with Gasteiger partial charge in [-0.15, -0.1) is 13.2 Å².